The van der Waals surface area contributed by atoms with Gasteiger partial charge in [0.25, 0.3) is 0 Å². The number of fused-ring (bicyclic) bond motifs is 3. The molecule has 0 fully saturated rings. The van der Waals surface area contributed by atoms with Crippen LogP contribution in [-0.4, -0.2) is 9.55 Å². The molecule has 0 spiro atoms. The number of hydrogen-bond donors (Lipinski definition) is 1. The van der Waals surface area contributed by atoms with E-state index in [1.54, 1.807) is 0 Å². The summed E-state index contributed by atoms with van der Waals surface area (Å²) >= 11 is 0. The molecule has 1 aliphatic rings. The fourth-order valence-corrected chi connectivity index (χ4v) is 7.64. The summed E-state index contributed by atoms with van der Waals surface area (Å²) in [4.78, 5) is 5.51. The molecule has 4 heteroatoms. The Morgan fingerprint density at radius 3 is 2.04 bits per heavy atom. The first-order valence-corrected chi connectivity index (χ1v) is 17.0. The van der Waals surface area contributed by atoms with Gasteiger partial charge >= 0.3 is 0 Å². The molecule has 0 amide bonds. The second-order valence-electron chi connectivity index (χ2n) is 13.4. The van der Waals surface area contributed by atoms with Gasteiger partial charge in [0.2, 0.25) is 0 Å². The lowest BCUT2D eigenvalue weighted by Crippen LogP contribution is -2.28. The van der Waals surface area contributed by atoms with Crippen molar-refractivity contribution in [3.8, 4) is 33.5 Å². The summed E-state index contributed by atoms with van der Waals surface area (Å²) in [5.74, 6) is 1.98. The molecule has 48 heavy (non-hydrogen) atoms. The first-order valence-electron chi connectivity index (χ1n) is 17.0. The Morgan fingerprint density at radius 2 is 1.40 bits per heavy atom. The number of aryl methyl sites for hydroxylation is 5. The minimum Gasteiger partial charge on any atom is -0.460 e. The molecular weight excluding hydrogens is 587 g/mol. The van der Waals surface area contributed by atoms with Crippen LogP contribution in [0.1, 0.15) is 70.9 Å². The fourth-order valence-electron chi connectivity index (χ4n) is 7.64. The molecule has 3 heterocycles. The third-order valence-corrected chi connectivity index (χ3v) is 10.1. The molecule has 2 atom stereocenters. The van der Waals surface area contributed by atoms with E-state index < -0.39 is 0 Å². The van der Waals surface area contributed by atoms with Gasteiger partial charge in [0, 0.05) is 29.1 Å². The standard InChI is InChI=1S/C44H41N3O/c1-7-38-41(35-11-8-9-14-39(35)48-38)37-25-47-30(6)36-24-28(4)23-29(5)40(36)43(44(47)45-37)46-42-33(31-19-15-26(2)16-20-31)12-10-13-34(42)32-21-17-27(3)18-22-32/h8-25,30,43,46H,7H2,1-6H3. The zero-order valence-corrected chi connectivity index (χ0v) is 28.6. The monoisotopic (exact) mass is 627 g/mol. The maximum Gasteiger partial charge on any atom is 0.137 e. The van der Waals surface area contributed by atoms with E-state index in [9.17, 15) is 0 Å². The number of hydrogen-bond acceptors (Lipinski definition) is 3. The van der Waals surface area contributed by atoms with E-state index in [1.807, 2.05) is 6.07 Å². The van der Waals surface area contributed by atoms with Crippen molar-refractivity contribution < 1.29 is 4.42 Å². The molecule has 4 nitrogen and oxygen atoms in total. The highest BCUT2D eigenvalue weighted by Gasteiger charge is 2.35. The molecule has 238 valence electrons. The average Bonchev–Trinajstić information content (AvgIpc) is 3.69. The first-order chi connectivity index (χ1) is 23.3. The van der Waals surface area contributed by atoms with Crippen LogP contribution in [0, 0.1) is 27.7 Å². The Kier molecular flexibility index (Phi) is 7.32. The maximum atomic E-state index is 6.36. The number of aromatic nitrogens is 2. The Hall–Kier alpha value is -5.35. The van der Waals surface area contributed by atoms with Gasteiger partial charge in [-0.1, -0.05) is 121 Å². The number of anilines is 1. The van der Waals surface area contributed by atoms with Crippen molar-refractivity contribution in [2.45, 2.75) is 60.0 Å². The van der Waals surface area contributed by atoms with Crippen molar-refractivity contribution in [1.29, 1.82) is 0 Å². The molecule has 0 saturated heterocycles. The van der Waals surface area contributed by atoms with Crippen LogP contribution in [0.5, 0.6) is 0 Å². The lowest BCUT2D eigenvalue weighted by molar-refractivity contribution is 0.550. The molecule has 7 aromatic rings. The molecule has 1 aliphatic heterocycles. The smallest absolute Gasteiger partial charge is 0.137 e. The second kappa shape index (κ2) is 11.7. The SMILES string of the molecule is CCc1oc2ccccc2c1-c1cn2c(n1)C(Nc1c(-c3ccc(C)cc3)cccc1-c1ccc(C)cc1)c1c(C)cc(C)cc1C2C. The highest BCUT2D eigenvalue weighted by molar-refractivity contribution is 5.95. The van der Waals surface area contributed by atoms with Crippen molar-refractivity contribution in [2.24, 2.45) is 0 Å². The summed E-state index contributed by atoms with van der Waals surface area (Å²) in [6.07, 6.45) is 3.05. The Labute approximate surface area is 283 Å². The lowest BCUT2D eigenvalue weighted by atomic mass is 9.85. The summed E-state index contributed by atoms with van der Waals surface area (Å²) in [5, 5.41) is 5.26. The van der Waals surface area contributed by atoms with Crippen molar-refractivity contribution in [1.82, 2.24) is 9.55 Å². The number of nitrogens with one attached hydrogen (secondary N) is 1. The summed E-state index contributed by atoms with van der Waals surface area (Å²) in [5.41, 5.74) is 16.5. The number of benzene rings is 5. The van der Waals surface area contributed by atoms with E-state index >= 15 is 0 Å². The molecule has 0 radical (unpaired) electrons. The molecule has 2 aromatic heterocycles. The van der Waals surface area contributed by atoms with Crippen LogP contribution in [0.2, 0.25) is 0 Å². The highest BCUT2D eigenvalue weighted by Crippen LogP contribution is 2.47. The summed E-state index contributed by atoms with van der Waals surface area (Å²) < 4.78 is 8.75. The molecule has 5 aromatic carbocycles. The predicted molar refractivity (Wildman–Crippen MR) is 199 cm³/mol. The van der Waals surface area contributed by atoms with Crippen molar-refractivity contribution in [2.75, 3.05) is 5.32 Å². The minimum absolute atomic E-state index is 0.125. The summed E-state index contributed by atoms with van der Waals surface area (Å²) in [6, 6.07) is 37.3. The minimum atomic E-state index is -0.176. The molecule has 2 unspecified atom stereocenters. The van der Waals surface area contributed by atoms with Gasteiger partial charge in [-0.3, -0.25) is 0 Å². The van der Waals surface area contributed by atoms with E-state index in [0.29, 0.717) is 0 Å². The van der Waals surface area contributed by atoms with E-state index in [1.165, 1.54) is 55.6 Å². The largest absolute Gasteiger partial charge is 0.460 e. The third-order valence-electron chi connectivity index (χ3n) is 10.1. The van der Waals surface area contributed by atoms with Gasteiger partial charge in [-0.05, 0) is 68.5 Å². The molecule has 0 saturated carbocycles. The van der Waals surface area contributed by atoms with Crippen LogP contribution in [0.15, 0.2) is 114 Å². The molecular formula is C44H41N3O. The number of nitrogens with zero attached hydrogens (tertiary/aromatic N) is 2. The van der Waals surface area contributed by atoms with E-state index in [-0.39, 0.29) is 12.1 Å². The lowest BCUT2D eigenvalue weighted by Gasteiger charge is -2.35. The van der Waals surface area contributed by atoms with Crippen molar-refractivity contribution in [3.63, 3.8) is 0 Å². The summed E-state index contributed by atoms with van der Waals surface area (Å²) in [7, 11) is 0. The van der Waals surface area contributed by atoms with Crippen molar-refractivity contribution in [3.05, 3.63) is 154 Å². The van der Waals surface area contributed by atoms with E-state index in [0.717, 1.165) is 45.9 Å². The number of para-hydroxylation sites is 2. The van der Waals surface area contributed by atoms with Gasteiger partial charge in [-0.15, -0.1) is 0 Å². The van der Waals surface area contributed by atoms with Gasteiger partial charge in [-0.2, -0.15) is 0 Å². The molecule has 1 N–H and O–H groups in total. The Balaban J connectivity index is 1.37. The van der Waals surface area contributed by atoms with E-state index in [4.69, 9.17) is 9.40 Å². The Morgan fingerprint density at radius 1 is 0.750 bits per heavy atom. The average molecular weight is 628 g/mol. The van der Waals surface area contributed by atoms with Crippen LogP contribution < -0.4 is 5.32 Å². The summed E-state index contributed by atoms with van der Waals surface area (Å²) in [6.45, 7) is 13.2. The van der Waals surface area contributed by atoms with Crippen LogP contribution in [0.3, 0.4) is 0 Å². The zero-order chi connectivity index (χ0) is 33.1. The zero-order valence-electron chi connectivity index (χ0n) is 28.6. The van der Waals surface area contributed by atoms with Gasteiger partial charge in [0.1, 0.15) is 23.2 Å². The van der Waals surface area contributed by atoms with Gasteiger partial charge in [0.05, 0.1) is 23.0 Å². The van der Waals surface area contributed by atoms with Crippen LogP contribution in [0.25, 0.3) is 44.5 Å². The van der Waals surface area contributed by atoms with Crippen LogP contribution in [-0.2, 0) is 6.42 Å². The van der Waals surface area contributed by atoms with Crippen molar-refractivity contribution >= 4 is 16.7 Å². The van der Waals surface area contributed by atoms with Gasteiger partial charge < -0.3 is 14.3 Å². The Bertz CT molecular complexity index is 2240. The molecule has 0 aliphatic carbocycles. The maximum absolute atomic E-state index is 6.36. The topological polar surface area (TPSA) is 43.0 Å². The number of imidazole rings is 1. The first kappa shape index (κ1) is 30.0. The highest BCUT2D eigenvalue weighted by atomic mass is 16.3. The van der Waals surface area contributed by atoms with Gasteiger partial charge in [-0.25, -0.2) is 4.98 Å². The predicted octanol–water partition coefficient (Wildman–Crippen LogP) is 11.6. The number of rotatable bonds is 6. The fraction of sp³-hybridized carbons (Fsp3) is 0.205. The molecule has 8 rings (SSSR count). The quantitative estimate of drug-likeness (QED) is 0.199. The van der Waals surface area contributed by atoms with E-state index in [2.05, 4.69) is 155 Å². The van der Waals surface area contributed by atoms with Gasteiger partial charge in [0.15, 0.2) is 0 Å². The molecule has 0 bridgehead atoms. The van der Waals surface area contributed by atoms with Crippen LogP contribution in [0.4, 0.5) is 5.69 Å². The second-order valence-corrected chi connectivity index (χ2v) is 13.4. The third kappa shape index (κ3) is 4.95. The number of furan rings is 1. The van der Waals surface area contributed by atoms with Crippen LogP contribution >= 0.6 is 0 Å². The normalized spacial score (nSPS) is 15.4.